The normalized spacial score (nSPS) is 17.1. The van der Waals surface area contributed by atoms with Gasteiger partial charge in [0.25, 0.3) is 0 Å². The van der Waals surface area contributed by atoms with Gasteiger partial charge in [0.1, 0.15) is 6.29 Å². The van der Waals surface area contributed by atoms with Crippen LogP contribution in [0.5, 0.6) is 0 Å². The Kier molecular flexibility index (Phi) is 8.55. The molecule has 1 aliphatic heterocycles. The predicted octanol–water partition coefficient (Wildman–Crippen LogP) is 4.11. The summed E-state index contributed by atoms with van der Waals surface area (Å²) >= 11 is 0. The van der Waals surface area contributed by atoms with Crippen LogP contribution in [0.3, 0.4) is 0 Å². The lowest BCUT2D eigenvalue weighted by Crippen LogP contribution is -2.10. The Morgan fingerprint density at radius 1 is 1.25 bits per heavy atom. The van der Waals surface area contributed by atoms with Gasteiger partial charge in [0.2, 0.25) is 0 Å². The van der Waals surface area contributed by atoms with Crippen molar-refractivity contribution in [2.75, 3.05) is 13.6 Å². The number of aliphatic imine (C=N–C) groups is 1. The van der Waals surface area contributed by atoms with E-state index in [1.807, 2.05) is 56.4 Å². The van der Waals surface area contributed by atoms with Crippen LogP contribution in [-0.2, 0) is 4.79 Å². The first kappa shape index (κ1) is 19.7. The molecular weight excluding hydrogens is 298 g/mol. The second-order valence-corrected chi connectivity index (χ2v) is 5.92. The molecule has 0 aliphatic carbocycles. The highest BCUT2D eigenvalue weighted by atomic mass is 16.1. The van der Waals surface area contributed by atoms with Gasteiger partial charge in [-0.15, -0.1) is 0 Å². The lowest BCUT2D eigenvalue weighted by atomic mass is 10.2. The van der Waals surface area contributed by atoms with Gasteiger partial charge < -0.3 is 10.2 Å². The molecule has 0 amide bonds. The molecule has 0 aromatic carbocycles. The van der Waals surface area contributed by atoms with Gasteiger partial charge in [-0.2, -0.15) is 0 Å². The van der Waals surface area contributed by atoms with Crippen LogP contribution in [-0.4, -0.2) is 31.0 Å². The Balaban J connectivity index is 2.65. The molecule has 1 aliphatic rings. The summed E-state index contributed by atoms with van der Waals surface area (Å²) in [6.45, 7) is 9.10. The van der Waals surface area contributed by atoms with Gasteiger partial charge in [0.05, 0.1) is 0 Å². The monoisotopic (exact) mass is 327 g/mol. The molecule has 0 fully saturated rings. The zero-order valence-corrected chi connectivity index (χ0v) is 15.5. The van der Waals surface area contributed by atoms with Crippen molar-refractivity contribution in [3.63, 3.8) is 0 Å². The molecule has 4 heteroatoms. The summed E-state index contributed by atoms with van der Waals surface area (Å²) in [4.78, 5) is 17.3. The van der Waals surface area contributed by atoms with Gasteiger partial charge >= 0.3 is 0 Å². The number of aldehydes is 1. The number of hydrogen-bond acceptors (Lipinski definition) is 4. The van der Waals surface area contributed by atoms with Gasteiger partial charge in [-0.25, -0.2) is 0 Å². The summed E-state index contributed by atoms with van der Waals surface area (Å²) in [5.74, 6) is 0. The summed E-state index contributed by atoms with van der Waals surface area (Å²) in [5.41, 5.74) is 5.12. The van der Waals surface area contributed by atoms with Crippen LogP contribution in [0.4, 0.5) is 0 Å². The Bertz CT molecular complexity index is 619. The molecule has 0 bridgehead atoms. The molecule has 24 heavy (non-hydrogen) atoms. The Labute approximate surface area is 146 Å². The minimum absolute atomic E-state index is 0.798. The second kappa shape index (κ2) is 10.4. The molecule has 1 heterocycles. The van der Waals surface area contributed by atoms with Crippen molar-refractivity contribution >= 4 is 12.5 Å². The zero-order chi connectivity index (χ0) is 17.9. The molecule has 0 saturated heterocycles. The fourth-order valence-electron chi connectivity index (χ4n) is 1.98. The number of nitrogens with one attached hydrogen (secondary N) is 1. The predicted molar refractivity (Wildman–Crippen MR) is 103 cm³/mol. The number of nitrogens with zero attached hydrogens (tertiary/aromatic N) is 2. The highest BCUT2D eigenvalue weighted by molar-refractivity contribution is 5.76. The fraction of sp³-hybridized carbons (Fsp3) is 0.400. The quantitative estimate of drug-likeness (QED) is 0.414. The first-order valence-electron chi connectivity index (χ1n) is 8.36. The second-order valence-electron chi connectivity index (χ2n) is 5.92. The van der Waals surface area contributed by atoms with Crippen molar-refractivity contribution in [3.8, 4) is 0 Å². The summed E-state index contributed by atoms with van der Waals surface area (Å²) in [7, 11) is 1.97. The maximum Gasteiger partial charge on any atom is 0.148 e. The lowest BCUT2D eigenvalue weighted by molar-refractivity contribution is -0.105. The van der Waals surface area contributed by atoms with Crippen LogP contribution in [0.1, 0.15) is 40.5 Å². The van der Waals surface area contributed by atoms with E-state index in [4.69, 9.17) is 0 Å². The number of rotatable bonds is 8. The Hall–Kier alpha value is -2.36. The van der Waals surface area contributed by atoms with Crippen molar-refractivity contribution in [2.24, 2.45) is 4.99 Å². The third-order valence-electron chi connectivity index (χ3n) is 3.98. The molecule has 0 saturated carbocycles. The molecule has 0 aromatic heterocycles. The minimum atomic E-state index is 0.798. The molecule has 0 aromatic rings. The average molecular weight is 327 g/mol. The third-order valence-corrected chi connectivity index (χ3v) is 3.98. The van der Waals surface area contributed by atoms with Crippen LogP contribution >= 0.6 is 0 Å². The van der Waals surface area contributed by atoms with E-state index in [2.05, 4.69) is 30.2 Å². The van der Waals surface area contributed by atoms with Crippen LogP contribution < -0.4 is 5.32 Å². The number of carbonyl (C=O) groups excluding carboxylic acids is 1. The number of hydrogen-bond donors (Lipinski definition) is 1. The Morgan fingerprint density at radius 3 is 2.67 bits per heavy atom. The van der Waals surface area contributed by atoms with E-state index in [1.54, 1.807) is 0 Å². The highest BCUT2D eigenvalue weighted by Crippen LogP contribution is 2.12. The molecule has 0 spiro atoms. The Morgan fingerprint density at radius 2 is 2.00 bits per heavy atom. The molecule has 0 unspecified atom stereocenters. The van der Waals surface area contributed by atoms with E-state index in [0.717, 1.165) is 48.3 Å². The number of carbonyl (C=O) groups is 1. The summed E-state index contributed by atoms with van der Waals surface area (Å²) in [5, 5.41) is 3.21. The van der Waals surface area contributed by atoms with Crippen LogP contribution in [0.2, 0.25) is 0 Å². The van der Waals surface area contributed by atoms with Gasteiger partial charge in [-0.3, -0.25) is 9.79 Å². The first-order chi connectivity index (χ1) is 11.5. The van der Waals surface area contributed by atoms with E-state index < -0.39 is 0 Å². The van der Waals surface area contributed by atoms with Gasteiger partial charge in [-0.1, -0.05) is 18.6 Å². The van der Waals surface area contributed by atoms with Gasteiger partial charge in [0, 0.05) is 48.7 Å². The first-order valence-corrected chi connectivity index (χ1v) is 8.36. The smallest absolute Gasteiger partial charge is 0.148 e. The highest BCUT2D eigenvalue weighted by Gasteiger charge is 2.10. The molecular formula is C20H29N3O. The van der Waals surface area contributed by atoms with Gasteiger partial charge in [-0.05, 0) is 51.8 Å². The molecule has 130 valence electrons. The van der Waals surface area contributed by atoms with E-state index in [-0.39, 0.29) is 0 Å². The largest absolute Gasteiger partial charge is 0.384 e. The zero-order valence-electron chi connectivity index (χ0n) is 15.5. The van der Waals surface area contributed by atoms with E-state index in [9.17, 15) is 4.79 Å². The van der Waals surface area contributed by atoms with Crippen molar-refractivity contribution < 1.29 is 4.79 Å². The topological polar surface area (TPSA) is 44.7 Å². The lowest BCUT2D eigenvalue weighted by Gasteiger charge is -2.14. The molecule has 0 atom stereocenters. The van der Waals surface area contributed by atoms with E-state index in [1.165, 1.54) is 5.57 Å². The van der Waals surface area contributed by atoms with Gasteiger partial charge in [0.15, 0.2) is 0 Å². The minimum Gasteiger partial charge on any atom is -0.384 e. The standard InChI is InChI=1S/C20H29N3O/c1-6-16(2)7-8-17(3)21-12-9-18(4)23(5)14-11-20-19(15-24)10-13-22-20/h7-9,11-12,14-15,22H,6,10,13H2,1-5H3/b14-11-,16-7+,17-8+,18-9+,21-12+. The average Bonchev–Trinajstić information content (AvgIpc) is 3.04. The molecule has 1 N–H and O–H groups in total. The van der Waals surface area contributed by atoms with Crippen LogP contribution in [0.15, 0.2) is 63.7 Å². The third kappa shape index (κ3) is 6.82. The van der Waals surface area contributed by atoms with Crippen molar-refractivity contribution in [1.82, 2.24) is 10.2 Å². The van der Waals surface area contributed by atoms with E-state index >= 15 is 0 Å². The van der Waals surface area contributed by atoms with E-state index in [0.29, 0.717) is 0 Å². The molecule has 0 radical (unpaired) electrons. The van der Waals surface area contributed by atoms with Crippen molar-refractivity contribution in [2.45, 2.75) is 40.5 Å². The SMILES string of the molecule is CC/C(C)=C/C=C(C)/N=C/C=C(\C)N(C)/C=C\C1=C(C=O)CCN1. The number of allylic oxidation sites excluding steroid dienone is 7. The van der Waals surface area contributed by atoms with Crippen LogP contribution in [0.25, 0.3) is 0 Å². The van der Waals surface area contributed by atoms with Crippen molar-refractivity contribution in [3.05, 3.63) is 58.7 Å². The summed E-state index contributed by atoms with van der Waals surface area (Å²) in [6.07, 6.45) is 14.6. The van der Waals surface area contributed by atoms with Crippen LogP contribution in [0, 0.1) is 0 Å². The molecule has 1 rings (SSSR count). The maximum atomic E-state index is 10.9. The maximum absolute atomic E-state index is 10.9. The summed E-state index contributed by atoms with van der Waals surface area (Å²) < 4.78 is 0. The molecule has 4 nitrogen and oxygen atoms in total. The summed E-state index contributed by atoms with van der Waals surface area (Å²) in [6, 6.07) is 0. The fourth-order valence-corrected chi connectivity index (χ4v) is 1.98. The van der Waals surface area contributed by atoms with Crippen molar-refractivity contribution in [1.29, 1.82) is 0 Å².